The molecule has 1 aromatic rings. The fraction of sp³-hybridized carbons (Fsp3) is 0.579. The van der Waals surface area contributed by atoms with Gasteiger partial charge in [-0.15, -0.1) is 0 Å². The molecule has 1 unspecified atom stereocenters. The largest absolute Gasteiger partial charge is 1.00 e. The number of benzene rings is 1. The van der Waals surface area contributed by atoms with E-state index in [0.717, 1.165) is 12.8 Å². The van der Waals surface area contributed by atoms with Crippen LogP contribution in [0.4, 0.5) is 5.69 Å². The van der Waals surface area contributed by atoms with Gasteiger partial charge in [0.2, 0.25) is 0 Å². The number of azo groups is 1. The van der Waals surface area contributed by atoms with E-state index in [-0.39, 0.29) is 35.1 Å². The van der Waals surface area contributed by atoms with Crippen molar-refractivity contribution < 1.29 is 39.5 Å². The van der Waals surface area contributed by atoms with Gasteiger partial charge in [0, 0.05) is 0 Å². The van der Waals surface area contributed by atoms with E-state index in [0.29, 0.717) is 12.1 Å². The Balaban J connectivity index is 0.00000576. The first-order valence-corrected chi connectivity index (χ1v) is 8.66. The van der Waals surface area contributed by atoms with Crippen molar-refractivity contribution in [3.8, 4) is 6.07 Å². The summed E-state index contributed by atoms with van der Waals surface area (Å²) < 4.78 is 0. The summed E-state index contributed by atoms with van der Waals surface area (Å²) >= 11 is 0. The molecule has 0 heterocycles. The Morgan fingerprint density at radius 2 is 1.68 bits per heavy atom. The second kappa shape index (κ2) is 13.0. The number of carbonyl (C=O) groups is 1. The van der Waals surface area contributed by atoms with E-state index in [2.05, 4.69) is 23.2 Å². The molecule has 0 amide bonds. The third-order valence-electron chi connectivity index (χ3n) is 4.00. The zero-order valence-electron chi connectivity index (χ0n) is 15.6. The first kappa shape index (κ1) is 23.8. The second-order valence-electron chi connectivity index (χ2n) is 6.29. The predicted molar refractivity (Wildman–Crippen MR) is 91.9 cm³/mol. The number of hydrogen-bond donors (Lipinski definition) is 0. The molecule has 130 valence electrons. The Labute approximate surface area is 172 Å². The minimum Gasteiger partial charge on any atom is -0.545 e. The number of carbonyl (C=O) groups excluding carboxylic acids is 1. The van der Waals surface area contributed by atoms with Crippen LogP contribution in [0, 0.1) is 11.3 Å². The summed E-state index contributed by atoms with van der Waals surface area (Å²) in [5, 5.41) is 28.3. The molecule has 0 bridgehead atoms. The van der Waals surface area contributed by atoms with Gasteiger partial charge in [0.05, 0.1) is 17.7 Å². The van der Waals surface area contributed by atoms with Crippen molar-refractivity contribution in [1.82, 2.24) is 0 Å². The van der Waals surface area contributed by atoms with Gasteiger partial charge in [-0.3, -0.25) is 0 Å². The first-order chi connectivity index (χ1) is 11.5. The second-order valence-corrected chi connectivity index (χ2v) is 6.29. The van der Waals surface area contributed by atoms with Crippen LogP contribution in [0.3, 0.4) is 0 Å². The molecule has 0 aliphatic carbocycles. The van der Waals surface area contributed by atoms with E-state index in [1.165, 1.54) is 44.2 Å². The van der Waals surface area contributed by atoms with Gasteiger partial charge in [-0.25, -0.2) is 0 Å². The molecule has 0 spiro atoms. The molecule has 0 saturated carbocycles. The molecule has 0 fully saturated rings. The van der Waals surface area contributed by atoms with Crippen molar-refractivity contribution >= 4 is 11.7 Å². The monoisotopic (exact) mass is 351 g/mol. The Hall–Kier alpha value is -1.22. The van der Waals surface area contributed by atoms with Crippen molar-refractivity contribution in [2.24, 2.45) is 10.2 Å². The summed E-state index contributed by atoms with van der Waals surface area (Å²) in [5.74, 6) is -1.22. The number of unbranched alkanes of at least 4 members (excludes halogenated alkanes) is 6. The summed E-state index contributed by atoms with van der Waals surface area (Å²) in [7, 11) is 0. The smallest absolute Gasteiger partial charge is 0.545 e. The maximum Gasteiger partial charge on any atom is 1.00 e. The molecule has 0 aliphatic heterocycles. The van der Waals surface area contributed by atoms with Crippen molar-refractivity contribution in [2.45, 2.75) is 70.8 Å². The van der Waals surface area contributed by atoms with E-state index < -0.39 is 11.5 Å². The SMILES string of the molecule is CCCCCCCCCC(C)(C#N)N=Nc1ccc(C(=O)[O-])cc1.[Na+]. The van der Waals surface area contributed by atoms with Crippen LogP contribution >= 0.6 is 0 Å². The van der Waals surface area contributed by atoms with Crippen LogP contribution in [0.2, 0.25) is 0 Å². The summed E-state index contributed by atoms with van der Waals surface area (Å²) in [6.45, 7) is 3.98. The molecule has 5 nitrogen and oxygen atoms in total. The normalized spacial score (nSPS) is 13.0. The zero-order valence-corrected chi connectivity index (χ0v) is 17.6. The number of hydrogen-bond acceptors (Lipinski definition) is 5. The molecule has 1 aromatic carbocycles. The van der Waals surface area contributed by atoms with E-state index in [4.69, 9.17) is 0 Å². The molecule has 6 heteroatoms. The topological polar surface area (TPSA) is 88.6 Å². The van der Waals surface area contributed by atoms with Crippen LogP contribution in [0.5, 0.6) is 0 Å². The van der Waals surface area contributed by atoms with Crippen LogP contribution in [0.25, 0.3) is 0 Å². The molecular weight excluding hydrogens is 325 g/mol. The molecule has 0 N–H and O–H groups in total. The molecule has 0 saturated heterocycles. The van der Waals surface area contributed by atoms with Crippen LogP contribution in [-0.2, 0) is 0 Å². The maximum atomic E-state index is 10.7. The minimum atomic E-state index is -1.22. The predicted octanol–water partition coefficient (Wildman–Crippen LogP) is 1.56. The van der Waals surface area contributed by atoms with Crippen LogP contribution < -0.4 is 34.7 Å². The molecule has 0 radical (unpaired) electrons. The van der Waals surface area contributed by atoms with Crippen molar-refractivity contribution in [2.75, 3.05) is 0 Å². The molecular formula is C19H26N3NaO2. The average molecular weight is 351 g/mol. The molecule has 25 heavy (non-hydrogen) atoms. The average Bonchev–Trinajstić information content (AvgIpc) is 2.59. The molecule has 0 aliphatic rings. The fourth-order valence-corrected chi connectivity index (χ4v) is 2.39. The third kappa shape index (κ3) is 9.74. The summed E-state index contributed by atoms with van der Waals surface area (Å²) in [5.41, 5.74) is -0.211. The van der Waals surface area contributed by atoms with Gasteiger partial charge < -0.3 is 9.90 Å². The van der Waals surface area contributed by atoms with Crippen molar-refractivity contribution in [3.05, 3.63) is 29.8 Å². The van der Waals surface area contributed by atoms with Crippen molar-refractivity contribution in [1.29, 1.82) is 5.26 Å². The number of rotatable bonds is 11. The summed E-state index contributed by atoms with van der Waals surface area (Å²) in [6, 6.07) is 8.18. The Morgan fingerprint density at radius 1 is 1.12 bits per heavy atom. The Kier molecular flexibility index (Phi) is 12.4. The van der Waals surface area contributed by atoms with Crippen LogP contribution in [-0.4, -0.2) is 11.5 Å². The summed E-state index contributed by atoms with van der Waals surface area (Å²) in [6.07, 6.45) is 9.02. The standard InChI is InChI=1S/C19H27N3O2.Na/c1-3-4-5-6-7-8-9-14-19(2,15-20)22-21-17-12-10-16(11-13-17)18(23)24;/h10-13H,3-9,14H2,1-2H3,(H,23,24);/q;+1/p-1. The van der Waals surface area contributed by atoms with Gasteiger partial charge >= 0.3 is 29.6 Å². The summed E-state index contributed by atoms with van der Waals surface area (Å²) in [4.78, 5) is 10.7. The fourth-order valence-electron chi connectivity index (χ4n) is 2.39. The maximum absolute atomic E-state index is 10.7. The molecule has 1 atom stereocenters. The van der Waals surface area contributed by atoms with E-state index in [9.17, 15) is 15.2 Å². The molecule has 1 rings (SSSR count). The van der Waals surface area contributed by atoms with Gasteiger partial charge in [-0.2, -0.15) is 15.5 Å². The van der Waals surface area contributed by atoms with Gasteiger partial charge in [0.25, 0.3) is 0 Å². The third-order valence-corrected chi connectivity index (χ3v) is 4.00. The number of nitriles is 1. The first-order valence-electron chi connectivity index (χ1n) is 8.66. The number of carboxylic acid groups (broad SMARTS) is 1. The zero-order chi connectivity index (χ0) is 17.8. The van der Waals surface area contributed by atoms with Crippen LogP contribution in [0.15, 0.2) is 34.5 Å². The van der Waals surface area contributed by atoms with E-state index in [1.54, 1.807) is 19.1 Å². The van der Waals surface area contributed by atoms with Gasteiger partial charge in [0.15, 0.2) is 5.54 Å². The van der Waals surface area contributed by atoms with Gasteiger partial charge in [-0.05, 0) is 37.5 Å². The quantitative estimate of drug-likeness (QED) is 0.344. The minimum absolute atomic E-state index is 0. The van der Waals surface area contributed by atoms with E-state index >= 15 is 0 Å². The van der Waals surface area contributed by atoms with Crippen LogP contribution in [0.1, 0.15) is 75.6 Å². The molecule has 0 aromatic heterocycles. The Morgan fingerprint density at radius 3 is 2.20 bits per heavy atom. The van der Waals surface area contributed by atoms with Crippen molar-refractivity contribution in [3.63, 3.8) is 0 Å². The van der Waals surface area contributed by atoms with Gasteiger partial charge in [-0.1, -0.05) is 57.6 Å². The number of aromatic carboxylic acids is 1. The number of nitrogens with zero attached hydrogens (tertiary/aromatic N) is 3. The van der Waals surface area contributed by atoms with E-state index in [1.807, 2.05) is 0 Å². The Bertz CT molecular complexity index is 581. The number of carboxylic acids is 1. The van der Waals surface area contributed by atoms with Gasteiger partial charge in [0.1, 0.15) is 0 Å².